The van der Waals surface area contributed by atoms with Crippen LogP contribution in [0.2, 0.25) is 4.44 Å². The van der Waals surface area contributed by atoms with Gasteiger partial charge in [-0.05, 0) is 0 Å². The van der Waals surface area contributed by atoms with Gasteiger partial charge in [-0.1, -0.05) is 0 Å². The molecule has 0 radical (unpaired) electrons. The van der Waals surface area contributed by atoms with Gasteiger partial charge in [-0.3, -0.25) is 0 Å². The first-order valence-corrected chi connectivity index (χ1v) is 10.4. The molecule has 0 saturated carbocycles. The van der Waals surface area contributed by atoms with Crippen molar-refractivity contribution >= 4 is 28.9 Å². The Morgan fingerprint density at radius 2 is 1.88 bits per heavy atom. The van der Waals surface area contributed by atoms with Crippen LogP contribution >= 0.6 is 8.92 Å². The van der Waals surface area contributed by atoms with Crippen LogP contribution in [-0.4, -0.2) is 31.0 Å². The van der Waals surface area contributed by atoms with E-state index < -0.39 is 20.0 Å². The molecule has 0 unspecified atom stereocenters. The van der Waals surface area contributed by atoms with E-state index in [1.165, 1.54) is 17.3 Å². The van der Waals surface area contributed by atoms with Crippen molar-refractivity contribution in [2.45, 2.75) is 24.2 Å². The molecule has 4 heteroatoms. The van der Waals surface area contributed by atoms with E-state index in [-0.39, 0.29) is 11.0 Å². The molecule has 0 aromatic carbocycles. The van der Waals surface area contributed by atoms with Gasteiger partial charge in [-0.15, -0.1) is 0 Å². The third-order valence-electron chi connectivity index (χ3n) is 0.737. The molecule has 0 heterocycles. The maximum absolute atomic E-state index is 5.59. The summed E-state index contributed by atoms with van der Waals surface area (Å²) in [6.45, 7) is 2.21. The van der Waals surface area contributed by atoms with Crippen LogP contribution < -0.4 is 0 Å². The third kappa shape index (κ3) is 15.7. The monoisotopic (exact) mass is 250 g/mol. The van der Waals surface area contributed by atoms with Crippen molar-refractivity contribution in [2.24, 2.45) is 0 Å². The van der Waals surface area contributed by atoms with E-state index in [0.29, 0.717) is 0 Å². The molecule has 0 atom stereocenters. The molecule has 0 aliphatic heterocycles. The molecule has 0 amide bonds. The Hall–Kier alpha value is 1.01. The van der Waals surface area contributed by atoms with Crippen molar-refractivity contribution in [1.29, 1.82) is 0 Å². The molecule has 8 heavy (non-hydrogen) atoms. The Bertz CT molecular complexity index is 26.0. The van der Waals surface area contributed by atoms with Crippen molar-refractivity contribution < 1.29 is 11.0 Å². The van der Waals surface area contributed by atoms with E-state index in [1.54, 1.807) is 0 Å². The van der Waals surface area contributed by atoms with Crippen molar-refractivity contribution in [3.63, 3.8) is 0 Å². The first-order valence-electron chi connectivity index (χ1n) is 2.47. The van der Waals surface area contributed by atoms with Crippen LogP contribution in [-0.2, 0) is 0 Å². The van der Waals surface area contributed by atoms with Crippen molar-refractivity contribution in [3.8, 4) is 0 Å². The molecule has 0 saturated heterocycles. The summed E-state index contributed by atoms with van der Waals surface area (Å²) in [6.07, 6.45) is 2.70. The Morgan fingerprint density at radius 3 is 2.00 bits per heavy atom. The molecule has 0 rings (SSSR count). The predicted octanol–water partition coefficient (Wildman–Crippen LogP) is -0.122. The number of hydrogen-bond acceptors (Lipinski definition) is 0. The fourth-order valence-corrected chi connectivity index (χ4v) is 3.58. The minimum Gasteiger partial charge on any atom is -0.412 e. The van der Waals surface area contributed by atoms with Gasteiger partial charge in [0.2, 0.25) is 0 Å². The van der Waals surface area contributed by atoms with Gasteiger partial charge in [0.15, 0.2) is 0 Å². The van der Waals surface area contributed by atoms with Gasteiger partial charge in [-0.2, -0.15) is 0 Å². The summed E-state index contributed by atoms with van der Waals surface area (Å²) in [7, 11) is 5.59. The fourth-order valence-electron chi connectivity index (χ4n) is 0.344. The van der Waals surface area contributed by atoms with Gasteiger partial charge in [-0.25, -0.2) is 0 Å². The molecule has 0 aliphatic rings. The van der Waals surface area contributed by atoms with E-state index >= 15 is 0 Å². The van der Waals surface area contributed by atoms with Gasteiger partial charge in [0.1, 0.15) is 0 Å². The van der Waals surface area contributed by atoms with Gasteiger partial charge < -0.3 is 11.0 Å². The quantitative estimate of drug-likeness (QED) is 0.494. The smallest absolute Gasteiger partial charge is 0.412 e. The fraction of sp³-hybridized carbons (Fsp3) is 1.00. The third-order valence-corrected chi connectivity index (χ3v) is 4.72. The maximum atomic E-state index is 5.59. The normalized spacial score (nSPS) is 8.25. The second-order valence-electron chi connectivity index (χ2n) is 1.40. The van der Waals surface area contributed by atoms with Crippen LogP contribution in [0.3, 0.4) is 0 Å². The van der Waals surface area contributed by atoms with Crippen LogP contribution in [0.5, 0.6) is 0 Å². The first kappa shape index (κ1) is 16.0. The summed E-state index contributed by atoms with van der Waals surface area (Å²) >= 11 is -0.612. The summed E-state index contributed by atoms with van der Waals surface area (Å²) in [4.78, 5) is 0. The van der Waals surface area contributed by atoms with E-state index in [1.807, 2.05) is 0 Å². The average Bonchev–Trinajstić information content (AvgIpc) is 1.61. The summed E-state index contributed by atoms with van der Waals surface area (Å²) in [5.41, 5.74) is 0. The predicted molar refractivity (Wildman–Crippen MR) is 41.3 cm³/mol. The maximum Gasteiger partial charge on any atom is -0.412 e. The Labute approximate surface area is 64.2 Å². The molecule has 54 valence electrons. The topological polar surface area (TPSA) is 63.0 Å². The molecular formula is C4H15ClO2Sn. The van der Waals surface area contributed by atoms with E-state index in [0.717, 1.165) is 0 Å². The molecule has 0 fully saturated rings. The van der Waals surface area contributed by atoms with E-state index in [4.69, 9.17) is 8.92 Å². The molecular weight excluding hydrogens is 234 g/mol. The summed E-state index contributed by atoms with van der Waals surface area (Å²) in [5.74, 6) is 0. The van der Waals surface area contributed by atoms with Crippen LogP contribution in [0.25, 0.3) is 0 Å². The first-order chi connectivity index (χ1) is 2.91. The zero-order valence-electron chi connectivity index (χ0n) is 5.21. The Balaban J connectivity index is -0.000000125. The minimum atomic E-state index is -0.612. The molecule has 0 bridgehead atoms. The number of rotatable bonds is 3. The van der Waals surface area contributed by atoms with Gasteiger partial charge in [0.05, 0.1) is 0 Å². The van der Waals surface area contributed by atoms with Crippen LogP contribution in [0.4, 0.5) is 0 Å². The second-order valence-corrected chi connectivity index (χ2v) is 7.03. The molecule has 0 spiro atoms. The summed E-state index contributed by atoms with van der Waals surface area (Å²) < 4.78 is 1.39. The van der Waals surface area contributed by atoms with Crippen LogP contribution in [0.15, 0.2) is 0 Å². The van der Waals surface area contributed by atoms with E-state index in [9.17, 15) is 0 Å². The molecule has 0 aromatic rings. The zero-order valence-corrected chi connectivity index (χ0v) is 10.00. The SMILES string of the molecule is CCC[CH2][SnH2][Cl].O.O. The van der Waals surface area contributed by atoms with Crippen LogP contribution in [0, 0.1) is 0 Å². The number of halogens is 1. The molecule has 4 N–H and O–H groups in total. The van der Waals surface area contributed by atoms with E-state index in [2.05, 4.69) is 6.92 Å². The standard InChI is InChI=1S/C4H9.ClH.2H2O.Sn.2H/c1-3-4-2;;;;;;/h1,3-4H2,2H3;1H;2*1H2;;;/q;;;;+1;;/p-1. The van der Waals surface area contributed by atoms with Crippen molar-refractivity contribution in [1.82, 2.24) is 0 Å². The second kappa shape index (κ2) is 15.7. The van der Waals surface area contributed by atoms with Gasteiger partial charge in [0, 0.05) is 0 Å². The van der Waals surface area contributed by atoms with Crippen molar-refractivity contribution in [3.05, 3.63) is 0 Å². The molecule has 2 nitrogen and oxygen atoms in total. The van der Waals surface area contributed by atoms with Crippen LogP contribution in [0.1, 0.15) is 19.8 Å². The average molecular weight is 249 g/mol. The molecule has 0 aromatic heterocycles. The zero-order chi connectivity index (χ0) is 4.83. The Kier molecular flexibility index (Phi) is 31.4. The Morgan fingerprint density at radius 1 is 1.38 bits per heavy atom. The van der Waals surface area contributed by atoms with Gasteiger partial charge in [0.25, 0.3) is 0 Å². The van der Waals surface area contributed by atoms with Crippen molar-refractivity contribution in [2.75, 3.05) is 0 Å². The van der Waals surface area contributed by atoms with Gasteiger partial charge >= 0.3 is 53.1 Å². The number of unbranched alkanes of at least 4 members (excludes halogenated alkanes) is 1. The number of hydrogen-bond donors (Lipinski definition) is 0. The minimum absolute atomic E-state index is 0. The summed E-state index contributed by atoms with van der Waals surface area (Å²) in [6, 6.07) is 0. The summed E-state index contributed by atoms with van der Waals surface area (Å²) in [5, 5.41) is 0. The largest absolute Gasteiger partial charge is 0.412 e. The molecule has 0 aliphatic carbocycles.